The third kappa shape index (κ3) is 5.00. The van der Waals surface area contributed by atoms with Crippen molar-refractivity contribution in [3.05, 3.63) is 50.3 Å². The van der Waals surface area contributed by atoms with Gasteiger partial charge in [0.25, 0.3) is 10.9 Å². The molecule has 1 heterocycles. The molecule has 0 unspecified atom stereocenters. The van der Waals surface area contributed by atoms with E-state index in [1.165, 1.54) is 44.9 Å². The second-order valence-electron chi connectivity index (χ2n) is 7.07. The summed E-state index contributed by atoms with van der Waals surface area (Å²) in [5.74, 6) is 0.946. The lowest BCUT2D eigenvalue weighted by Gasteiger charge is -2.12. The van der Waals surface area contributed by atoms with Crippen LogP contribution in [0.4, 0.5) is 5.69 Å². The quantitative estimate of drug-likeness (QED) is 0.558. The van der Waals surface area contributed by atoms with E-state index in [0.29, 0.717) is 19.6 Å². The molecule has 0 bridgehead atoms. The largest absolute Gasteiger partial charge is 0.494 e. The second kappa shape index (κ2) is 10.1. The number of nitrogens with one attached hydrogen (secondary N) is 1. The summed E-state index contributed by atoms with van der Waals surface area (Å²) in [6.45, 7) is 1.96. The lowest BCUT2D eigenvalue weighted by atomic mass is 10.0. The molecule has 3 rings (SSSR count). The van der Waals surface area contributed by atoms with Gasteiger partial charge in [0, 0.05) is 18.8 Å². The van der Waals surface area contributed by atoms with Crippen LogP contribution >= 0.6 is 0 Å². The number of hydrogen-bond donors (Lipinski definition) is 1. The lowest BCUT2D eigenvalue weighted by Crippen LogP contribution is -2.35. The lowest BCUT2D eigenvalue weighted by molar-refractivity contribution is 0.315. The molecule has 0 fully saturated rings. The Balaban J connectivity index is 1.48. The van der Waals surface area contributed by atoms with Gasteiger partial charge < -0.3 is 14.8 Å². The smallest absolute Gasteiger partial charge is 0.271 e. The van der Waals surface area contributed by atoms with Gasteiger partial charge in [0.2, 0.25) is 0 Å². The summed E-state index contributed by atoms with van der Waals surface area (Å²) in [5, 5.41) is 2.95. The number of rotatable bonds is 8. The van der Waals surface area contributed by atoms with Crippen LogP contribution < -0.4 is 25.6 Å². The van der Waals surface area contributed by atoms with Crippen molar-refractivity contribution in [2.45, 2.75) is 44.9 Å². The maximum atomic E-state index is 11.5. The molecular formula is C22H28N2O4. The molecule has 6 nitrogen and oxygen atoms in total. The first-order valence-electron chi connectivity index (χ1n) is 10.1. The predicted octanol–water partition coefficient (Wildman–Crippen LogP) is 3.32. The van der Waals surface area contributed by atoms with Crippen molar-refractivity contribution in [2.75, 3.05) is 32.1 Å². The molecule has 1 aliphatic rings. The van der Waals surface area contributed by atoms with E-state index >= 15 is 0 Å². The summed E-state index contributed by atoms with van der Waals surface area (Å²) in [6.07, 6.45) is 7.94. The van der Waals surface area contributed by atoms with Crippen LogP contribution in [0.3, 0.4) is 0 Å². The van der Waals surface area contributed by atoms with Gasteiger partial charge in [-0.3, -0.25) is 14.6 Å². The third-order valence-electron chi connectivity index (χ3n) is 5.00. The maximum Gasteiger partial charge on any atom is 0.271 e. The summed E-state index contributed by atoms with van der Waals surface area (Å²) >= 11 is 0. The normalized spacial score (nSPS) is 15.2. The van der Waals surface area contributed by atoms with E-state index in [-0.39, 0.29) is 11.4 Å². The molecule has 150 valence electrons. The zero-order valence-electron chi connectivity index (χ0n) is 16.5. The van der Waals surface area contributed by atoms with Crippen LogP contribution in [0.25, 0.3) is 0 Å². The van der Waals surface area contributed by atoms with E-state index in [0.717, 1.165) is 24.3 Å². The molecule has 1 N–H and O–H groups in total. The Morgan fingerprint density at radius 3 is 2.75 bits per heavy atom. The summed E-state index contributed by atoms with van der Waals surface area (Å²) in [6, 6.07) is 8.12. The van der Waals surface area contributed by atoms with E-state index in [9.17, 15) is 9.59 Å². The van der Waals surface area contributed by atoms with E-state index < -0.39 is 10.9 Å². The molecule has 28 heavy (non-hydrogen) atoms. The number of hydrogen-bond acceptors (Lipinski definition) is 6. The van der Waals surface area contributed by atoms with Gasteiger partial charge in [0.15, 0.2) is 5.75 Å². The van der Waals surface area contributed by atoms with Crippen LogP contribution in [-0.2, 0) is 0 Å². The summed E-state index contributed by atoms with van der Waals surface area (Å²) in [5.41, 5.74) is 1.52. The predicted molar refractivity (Wildman–Crippen MR) is 112 cm³/mol. The highest BCUT2D eigenvalue weighted by atomic mass is 16.5. The Hall–Kier alpha value is -2.63. The molecule has 6 heteroatoms. The minimum Gasteiger partial charge on any atom is -0.494 e. The van der Waals surface area contributed by atoms with Gasteiger partial charge in [0.05, 0.1) is 13.7 Å². The standard InChI is InChI=1S/C22H28N2O4/c1-27-22-19(20(25)21(22)26)24-13-8-14-28-17-10-7-9-16(15-17)18-11-5-3-2-4-6-12-23-18/h7,9-10,15,24H,2-6,8,11-14H2,1H3. The van der Waals surface area contributed by atoms with E-state index in [4.69, 9.17) is 14.5 Å². The molecule has 0 radical (unpaired) electrons. The van der Waals surface area contributed by atoms with Crippen LogP contribution in [-0.4, -0.2) is 32.5 Å². The van der Waals surface area contributed by atoms with E-state index in [1.54, 1.807) is 0 Å². The van der Waals surface area contributed by atoms with Gasteiger partial charge in [0.1, 0.15) is 11.4 Å². The molecule has 0 saturated heterocycles. The van der Waals surface area contributed by atoms with Crippen LogP contribution in [0, 0.1) is 0 Å². The van der Waals surface area contributed by atoms with E-state index in [1.807, 2.05) is 12.1 Å². The van der Waals surface area contributed by atoms with Crippen molar-refractivity contribution in [3.8, 4) is 11.5 Å². The molecule has 2 aromatic carbocycles. The zero-order chi connectivity index (χ0) is 19.8. The monoisotopic (exact) mass is 384 g/mol. The van der Waals surface area contributed by atoms with Gasteiger partial charge >= 0.3 is 0 Å². The zero-order valence-corrected chi connectivity index (χ0v) is 16.5. The summed E-state index contributed by atoms with van der Waals surface area (Å²) in [7, 11) is 1.39. The molecule has 1 aliphatic heterocycles. The van der Waals surface area contributed by atoms with Crippen LogP contribution in [0.15, 0.2) is 38.8 Å². The fraction of sp³-hybridized carbons (Fsp3) is 0.500. The Bertz CT molecular complexity index is 881. The van der Waals surface area contributed by atoms with Gasteiger partial charge in [-0.05, 0) is 43.4 Å². The maximum absolute atomic E-state index is 11.5. The second-order valence-corrected chi connectivity index (χ2v) is 7.07. The number of aliphatic imine (C=N–C) groups is 1. The van der Waals surface area contributed by atoms with Crippen molar-refractivity contribution >= 4 is 11.4 Å². The average Bonchev–Trinajstić information content (AvgIpc) is 2.86. The van der Waals surface area contributed by atoms with Gasteiger partial charge in [-0.25, -0.2) is 0 Å². The highest BCUT2D eigenvalue weighted by Gasteiger charge is 2.20. The number of ether oxygens (including phenoxy) is 2. The van der Waals surface area contributed by atoms with Gasteiger partial charge in [-0.2, -0.15) is 0 Å². The Labute approximate surface area is 165 Å². The number of anilines is 1. The summed E-state index contributed by atoms with van der Waals surface area (Å²) in [4.78, 5) is 27.6. The topological polar surface area (TPSA) is 77.0 Å². The minimum atomic E-state index is -0.564. The molecule has 0 amide bonds. The van der Waals surface area contributed by atoms with Gasteiger partial charge in [-0.15, -0.1) is 0 Å². The van der Waals surface area contributed by atoms with Crippen LogP contribution in [0.1, 0.15) is 50.5 Å². The van der Waals surface area contributed by atoms with Crippen molar-refractivity contribution in [1.82, 2.24) is 0 Å². The minimum absolute atomic E-state index is 0.120. The van der Waals surface area contributed by atoms with Crippen LogP contribution in [0.5, 0.6) is 11.5 Å². The SMILES string of the molecule is COc1c(NCCCOc2cccc(C3=NCCCCCCC3)c2)c(=O)c1=O. The number of benzene rings is 1. The molecular weight excluding hydrogens is 356 g/mol. The molecule has 0 aromatic heterocycles. The molecule has 0 saturated carbocycles. The van der Waals surface area contributed by atoms with Crippen molar-refractivity contribution in [3.63, 3.8) is 0 Å². The molecule has 2 aromatic rings. The Morgan fingerprint density at radius 1 is 1.07 bits per heavy atom. The first-order valence-corrected chi connectivity index (χ1v) is 10.1. The fourth-order valence-corrected chi connectivity index (χ4v) is 3.43. The molecule has 0 spiro atoms. The third-order valence-corrected chi connectivity index (χ3v) is 5.00. The summed E-state index contributed by atoms with van der Waals surface area (Å²) < 4.78 is 10.8. The first kappa shape index (κ1) is 20.1. The Morgan fingerprint density at radius 2 is 1.89 bits per heavy atom. The molecule has 0 atom stereocenters. The average molecular weight is 384 g/mol. The van der Waals surface area contributed by atoms with Crippen molar-refractivity contribution in [2.24, 2.45) is 4.99 Å². The highest BCUT2D eigenvalue weighted by molar-refractivity contribution is 6.00. The number of nitrogens with zero attached hydrogens (tertiary/aromatic N) is 1. The fourth-order valence-electron chi connectivity index (χ4n) is 3.43. The van der Waals surface area contributed by atoms with E-state index in [2.05, 4.69) is 17.4 Å². The first-order chi connectivity index (χ1) is 13.7. The van der Waals surface area contributed by atoms with Gasteiger partial charge in [-0.1, -0.05) is 31.4 Å². The van der Waals surface area contributed by atoms with Crippen molar-refractivity contribution < 1.29 is 9.47 Å². The molecule has 0 aliphatic carbocycles. The highest BCUT2D eigenvalue weighted by Crippen LogP contribution is 2.19. The van der Waals surface area contributed by atoms with Crippen LogP contribution in [0.2, 0.25) is 0 Å². The Kier molecular flexibility index (Phi) is 7.23. The number of methoxy groups -OCH3 is 1. The van der Waals surface area contributed by atoms with Crippen molar-refractivity contribution in [1.29, 1.82) is 0 Å².